The number of hydrogen-bond donors (Lipinski definition) is 0. The molecule has 104 valence electrons. The Labute approximate surface area is 123 Å². The maximum absolute atomic E-state index is 12.3. The van der Waals surface area contributed by atoms with E-state index in [9.17, 15) is 8.42 Å². The molecule has 0 saturated heterocycles. The van der Waals surface area contributed by atoms with Crippen molar-refractivity contribution in [3.8, 4) is 6.07 Å². The molecule has 1 unspecified atom stereocenters. The van der Waals surface area contributed by atoms with Crippen LogP contribution in [-0.2, 0) is 9.84 Å². The van der Waals surface area contributed by atoms with Gasteiger partial charge in [-0.25, -0.2) is 8.42 Å². The summed E-state index contributed by atoms with van der Waals surface area (Å²) >= 11 is 5.63. The number of nitrogens with zero attached hydrogens (tertiary/aromatic N) is 2. The van der Waals surface area contributed by atoms with Crippen LogP contribution in [0.25, 0.3) is 10.8 Å². The third-order valence-electron chi connectivity index (χ3n) is 3.02. The van der Waals surface area contributed by atoms with Crippen LogP contribution in [-0.4, -0.2) is 27.2 Å². The highest BCUT2D eigenvalue weighted by atomic mass is 35.5. The molecule has 0 fully saturated rings. The zero-order valence-corrected chi connectivity index (χ0v) is 12.6. The molecule has 0 aliphatic carbocycles. The number of nitriles is 1. The summed E-state index contributed by atoms with van der Waals surface area (Å²) in [6.45, 7) is 0. The lowest BCUT2D eigenvalue weighted by Crippen LogP contribution is -2.14. The Bertz CT molecular complexity index is 794. The van der Waals surface area contributed by atoms with Gasteiger partial charge < -0.3 is 4.90 Å². The SMILES string of the molecule is CN(C)c1cccc2c(S(=O)(=O)C(Cl)C#N)cccc12. The minimum Gasteiger partial charge on any atom is -0.377 e. The Morgan fingerprint density at radius 3 is 2.35 bits per heavy atom. The third kappa shape index (κ3) is 2.33. The van der Waals surface area contributed by atoms with Gasteiger partial charge in [0.1, 0.15) is 0 Å². The van der Waals surface area contributed by atoms with Crippen molar-refractivity contribution < 1.29 is 8.42 Å². The lowest BCUT2D eigenvalue weighted by Gasteiger charge is -2.17. The first-order chi connectivity index (χ1) is 9.39. The second kappa shape index (κ2) is 5.31. The van der Waals surface area contributed by atoms with Crippen LogP contribution in [0.3, 0.4) is 0 Å². The van der Waals surface area contributed by atoms with E-state index in [-0.39, 0.29) is 4.90 Å². The summed E-state index contributed by atoms with van der Waals surface area (Å²) in [4.78, 5) is 1.99. The molecule has 0 aliphatic heterocycles. The first-order valence-electron chi connectivity index (χ1n) is 5.86. The third-order valence-corrected chi connectivity index (χ3v) is 5.44. The number of alkyl halides is 1. The smallest absolute Gasteiger partial charge is 0.225 e. The molecule has 0 spiro atoms. The highest BCUT2D eigenvalue weighted by molar-refractivity contribution is 7.93. The molecule has 0 amide bonds. The van der Waals surface area contributed by atoms with Crippen molar-refractivity contribution in [2.75, 3.05) is 19.0 Å². The molecule has 2 aromatic carbocycles. The van der Waals surface area contributed by atoms with E-state index in [4.69, 9.17) is 16.9 Å². The summed E-state index contributed by atoms with van der Waals surface area (Å²) in [5.41, 5.74) is 0.905. The van der Waals surface area contributed by atoms with Crippen molar-refractivity contribution in [1.29, 1.82) is 5.26 Å². The fourth-order valence-electron chi connectivity index (χ4n) is 2.08. The molecule has 20 heavy (non-hydrogen) atoms. The van der Waals surface area contributed by atoms with Gasteiger partial charge >= 0.3 is 0 Å². The van der Waals surface area contributed by atoms with Crippen molar-refractivity contribution in [2.24, 2.45) is 0 Å². The predicted octanol–water partition coefficient (Wildman–Crippen LogP) is 2.77. The van der Waals surface area contributed by atoms with Crippen LogP contribution in [0, 0.1) is 11.3 Å². The van der Waals surface area contributed by atoms with Gasteiger partial charge in [0.25, 0.3) is 0 Å². The van der Waals surface area contributed by atoms with Crippen molar-refractivity contribution >= 4 is 37.9 Å². The fraction of sp³-hybridized carbons (Fsp3) is 0.214. The van der Waals surface area contributed by atoms with Crippen LogP contribution in [0.15, 0.2) is 41.3 Å². The van der Waals surface area contributed by atoms with Gasteiger partial charge in [0.05, 0.1) is 11.0 Å². The van der Waals surface area contributed by atoms with Crippen LogP contribution in [0.5, 0.6) is 0 Å². The lowest BCUT2D eigenvalue weighted by atomic mass is 10.1. The van der Waals surface area contributed by atoms with E-state index in [0.29, 0.717) is 5.39 Å². The number of halogens is 1. The first-order valence-corrected chi connectivity index (χ1v) is 7.84. The van der Waals surface area contributed by atoms with E-state index >= 15 is 0 Å². The van der Waals surface area contributed by atoms with Gasteiger partial charge in [0.2, 0.25) is 14.5 Å². The second-order valence-corrected chi connectivity index (χ2v) is 7.21. The van der Waals surface area contributed by atoms with Crippen molar-refractivity contribution in [3.05, 3.63) is 36.4 Å². The molecule has 6 heteroatoms. The van der Waals surface area contributed by atoms with Crippen LogP contribution in [0.4, 0.5) is 5.69 Å². The number of anilines is 1. The largest absolute Gasteiger partial charge is 0.377 e. The van der Waals surface area contributed by atoms with Crippen LogP contribution >= 0.6 is 11.6 Å². The predicted molar refractivity (Wildman–Crippen MR) is 80.7 cm³/mol. The van der Waals surface area contributed by atoms with Crippen LogP contribution in [0.2, 0.25) is 0 Å². The zero-order valence-electron chi connectivity index (χ0n) is 11.0. The molecule has 2 aromatic rings. The molecule has 0 aliphatic rings. The fourth-order valence-corrected chi connectivity index (χ4v) is 3.49. The van der Waals surface area contributed by atoms with Gasteiger partial charge in [-0.2, -0.15) is 5.26 Å². The number of rotatable bonds is 3. The van der Waals surface area contributed by atoms with E-state index in [0.717, 1.165) is 11.1 Å². The van der Waals surface area contributed by atoms with Gasteiger partial charge in [0, 0.05) is 30.6 Å². The molecule has 0 aromatic heterocycles. The molecule has 1 atom stereocenters. The summed E-state index contributed by atoms with van der Waals surface area (Å²) in [7, 11) is -0.103. The monoisotopic (exact) mass is 308 g/mol. The van der Waals surface area contributed by atoms with E-state index in [2.05, 4.69) is 0 Å². The summed E-state index contributed by atoms with van der Waals surface area (Å²) in [6.07, 6.45) is 0. The summed E-state index contributed by atoms with van der Waals surface area (Å²) in [5.74, 6) is 0. The molecule has 4 nitrogen and oxygen atoms in total. The molecule has 0 heterocycles. The Hall–Kier alpha value is -1.77. The van der Waals surface area contributed by atoms with E-state index in [1.807, 2.05) is 31.1 Å². The van der Waals surface area contributed by atoms with E-state index in [1.165, 1.54) is 6.07 Å². The minimum atomic E-state index is -3.87. The average molecular weight is 309 g/mol. The summed E-state index contributed by atoms with van der Waals surface area (Å²) < 4.78 is 23.0. The van der Waals surface area contributed by atoms with Crippen molar-refractivity contribution in [2.45, 2.75) is 9.60 Å². The van der Waals surface area contributed by atoms with Gasteiger partial charge in [-0.1, -0.05) is 35.9 Å². The maximum atomic E-state index is 12.3. The molecule has 0 saturated carbocycles. The van der Waals surface area contributed by atoms with E-state index in [1.54, 1.807) is 24.3 Å². The van der Waals surface area contributed by atoms with Crippen LogP contribution < -0.4 is 4.90 Å². The Balaban J connectivity index is 2.82. The molecular formula is C14H13ClN2O2S. The van der Waals surface area contributed by atoms with Gasteiger partial charge in [-0.05, 0) is 12.1 Å². The number of benzene rings is 2. The Kier molecular flexibility index (Phi) is 3.89. The molecule has 0 N–H and O–H groups in total. The first kappa shape index (κ1) is 14.6. The molecule has 0 bridgehead atoms. The van der Waals surface area contributed by atoms with Crippen LogP contribution in [0.1, 0.15) is 0 Å². The second-order valence-electron chi connectivity index (χ2n) is 4.51. The quantitative estimate of drug-likeness (QED) is 0.818. The van der Waals surface area contributed by atoms with Gasteiger partial charge in [-0.3, -0.25) is 0 Å². The van der Waals surface area contributed by atoms with Crippen molar-refractivity contribution in [3.63, 3.8) is 0 Å². The van der Waals surface area contributed by atoms with Gasteiger partial charge in [0.15, 0.2) is 0 Å². The Morgan fingerprint density at radius 1 is 1.15 bits per heavy atom. The minimum absolute atomic E-state index is 0.0836. The standard InChI is InChI=1S/C14H13ClN2O2S/c1-17(2)12-7-3-6-11-10(12)5-4-8-13(11)20(18,19)14(15)9-16/h3-8,14H,1-2H3. The molecule has 2 rings (SSSR count). The summed E-state index contributed by atoms with van der Waals surface area (Å²) in [5, 5.41) is 10.2. The highest BCUT2D eigenvalue weighted by Crippen LogP contribution is 2.32. The van der Waals surface area contributed by atoms with E-state index < -0.39 is 14.5 Å². The topological polar surface area (TPSA) is 61.2 Å². The molecule has 0 radical (unpaired) electrons. The van der Waals surface area contributed by atoms with Crippen molar-refractivity contribution in [1.82, 2.24) is 0 Å². The zero-order chi connectivity index (χ0) is 14.9. The molecular weight excluding hydrogens is 296 g/mol. The highest BCUT2D eigenvalue weighted by Gasteiger charge is 2.27. The number of fused-ring (bicyclic) bond motifs is 1. The normalized spacial score (nSPS) is 12.9. The average Bonchev–Trinajstić information content (AvgIpc) is 2.44. The lowest BCUT2D eigenvalue weighted by molar-refractivity contribution is 0.598. The van der Waals surface area contributed by atoms with Gasteiger partial charge in [-0.15, -0.1) is 0 Å². The number of hydrogen-bond acceptors (Lipinski definition) is 4. The Morgan fingerprint density at radius 2 is 1.75 bits per heavy atom. The summed E-state index contributed by atoms with van der Waals surface area (Å²) in [6, 6.07) is 12.0. The maximum Gasteiger partial charge on any atom is 0.225 e. The number of sulfone groups is 1.